The van der Waals surface area contributed by atoms with Gasteiger partial charge in [-0.1, -0.05) is 26.8 Å². The molecule has 3 rings (SSSR count). The first kappa shape index (κ1) is 20.8. The summed E-state index contributed by atoms with van der Waals surface area (Å²) in [5.74, 6) is 0.545. The predicted octanol–water partition coefficient (Wildman–Crippen LogP) is 4.38. The van der Waals surface area contributed by atoms with E-state index < -0.39 is 18.3 Å². The SMILES string of the molecule is CC(C)(C)C1CCN(Cc2cc(F)cc(B3OC(C)(C)C(C)(C)O3)c2)CC1. The number of likely N-dealkylation sites (tertiary alicyclic amines) is 1. The van der Waals surface area contributed by atoms with Crippen LogP contribution in [0, 0.1) is 17.2 Å². The standard InChI is InChI=1S/C22H35BFNO2/c1-20(2,3)17-8-10-25(11-9-17)15-16-12-18(14-19(24)13-16)23-26-21(4,5)22(6,7)27-23/h12-14,17H,8-11,15H2,1-7H3. The summed E-state index contributed by atoms with van der Waals surface area (Å²) >= 11 is 0. The Morgan fingerprint density at radius 3 is 2.11 bits per heavy atom. The van der Waals surface area contributed by atoms with Gasteiger partial charge in [0.1, 0.15) is 5.82 Å². The summed E-state index contributed by atoms with van der Waals surface area (Å²) in [6.07, 6.45) is 2.42. The first-order valence-electron chi connectivity index (χ1n) is 10.2. The number of halogens is 1. The van der Waals surface area contributed by atoms with Crippen molar-refractivity contribution in [1.29, 1.82) is 0 Å². The van der Waals surface area contributed by atoms with Crippen molar-refractivity contribution >= 4 is 12.6 Å². The molecule has 0 amide bonds. The van der Waals surface area contributed by atoms with Gasteiger partial charge in [0, 0.05) is 6.54 Å². The Morgan fingerprint density at radius 2 is 1.59 bits per heavy atom. The monoisotopic (exact) mass is 375 g/mol. The van der Waals surface area contributed by atoms with Crippen LogP contribution in [-0.4, -0.2) is 36.3 Å². The number of piperidine rings is 1. The van der Waals surface area contributed by atoms with Crippen molar-refractivity contribution in [3.63, 3.8) is 0 Å². The summed E-state index contributed by atoms with van der Waals surface area (Å²) in [6, 6.07) is 5.23. The maximum Gasteiger partial charge on any atom is 0.494 e. The van der Waals surface area contributed by atoms with Crippen LogP contribution in [-0.2, 0) is 15.9 Å². The van der Waals surface area contributed by atoms with Gasteiger partial charge in [-0.3, -0.25) is 4.90 Å². The van der Waals surface area contributed by atoms with Crippen molar-refractivity contribution in [1.82, 2.24) is 4.90 Å². The summed E-state index contributed by atoms with van der Waals surface area (Å²) < 4.78 is 26.5. The lowest BCUT2D eigenvalue weighted by Gasteiger charge is -2.38. The molecule has 0 spiro atoms. The number of benzene rings is 1. The van der Waals surface area contributed by atoms with E-state index in [0.717, 1.165) is 36.6 Å². The van der Waals surface area contributed by atoms with Gasteiger partial charge in [-0.05, 0) is 88.1 Å². The van der Waals surface area contributed by atoms with Crippen LogP contribution in [0.25, 0.3) is 0 Å². The van der Waals surface area contributed by atoms with E-state index in [1.807, 2.05) is 33.8 Å². The molecule has 2 heterocycles. The fourth-order valence-corrected chi connectivity index (χ4v) is 4.10. The van der Waals surface area contributed by atoms with E-state index in [1.165, 1.54) is 18.9 Å². The van der Waals surface area contributed by atoms with Crippen LogP contribution in [0.2, 0.25) is 0 Å². The summed E-state index contributed by atoms with van der Waals surface area (Å²) in [7, 11) is -0.518. The molecule has 0 bridgehead atoms. The normalized spacial score (nSPS) is 23.8. The zero-order chi connectivity index (χ0) is 20.0. The average Bonchev–Trinajstić information content (AvgIpc) is 2.74. The molecule has 3 nitrogen and oxygen atoms in total. The Bertz CT molecular complexity index is 659. The third kappa shape index (κ3) is 4.57. The van der Waals surface area contributed by atoms with Gasteiger partial charge >= 0.3 is 7.12 Å². The van der Waals surface area contributed by atoms with Gasteiger partial charge in [-0.2, -0.15) is 0 Å². The topological polar surface area (TPSA) is 21.7 Å². The molecule has 150 valence electrons. The summed E-state index contributed by atoms with van der Waals surface area (Å²) in [5, 5.41) is 0. The zero-order valence-corrected chi connectivity index (χ0v) is 18.1. The third-order valence-corrected chi connectivity index (χ3v) is 6.72. The lowest BCUT2D eigenvalue weighted by Crippen LogP contribution is -2.41. The van der Waals surface area contributed by atoms with Crippen LogP contribution in [0.5, 0.6) is 0 Å². The van der Waals surface area contributed by atoms with Gasteiger partial charge in [-0.25, -0.2) is 4.39 Å². The van der Waals surface area contributed by atoms with E-state index >= 15 is 0 Å². The largest absolute Gasteiger partial charge is 0.494 e. The lowest BCUT2D eigenvalue weighted by molar-refractivity contribution is 0.00578. The maximum absolute atomic E-state index is 14.3. The molecule has 0 radical (unpaired) electrons. The Morgan fingerprint density at radius 1 is 1.04 bits per heavy atom. The van der Waals surface area contributed by atoms with Gasteiger partial charge in [-0.15, -0.1) is 0 Å². The molecule has 0 saturated carbocycles. The van der Waals surface area contributed by atoms with Crippen LogP contribution >= 0.6 is 0 Å². The van der Waals surface area contributed by atoms with Gasteiger partial charge in [0.25, 0.3) is 0 Å². The van der Waals surface area contributed by atoms with Crippen LogP contribution < -0.4 is 5.46 Å². The number of rotatable bonds is 3. The van der Waals surface area contributed by atoms with Gasteiger partial charge in [0.15, 0.2) is 0 Å². The highest BCUT2D eigenvalue weighted by Crippen LogP contribution is 2.37. The quantitative estimate of drug-likeness (QED) is 0.732. The van der Waals surface area contributed by atoms with E-state index in [2.05, 4.69) is 25.7 Å². The Labute approximate surface area is 164 Å². The molecule has 2 saturated heterocycles. The Balaban J connectivity index is 1.69. The highest BCUT2D eigenvalue weighted by molar-refractivity contribution is 6.62. The first-order chi connectivity index (χ1) is 12.4. The molecule has 0 atom stereocenters. The molecule has 0 unspecified atom stereocenters. The third-order valence-electron chi connectivity index (χ3n) is 6.72. The van der Waals surface area contributed by atoms with Gasteiger partial charge in [0.05, 0.1) is 11.2 Å². The average molecular weight is 375 g/mol. The van der Waals surface area contributed by atoms with E-state index in [-0.39, 0.29) is 5.82 Å². The number of nitrogens with zero attached hydrogens (tertiary/aromatic N) is 1. The molecular weight excluding hydrogens is 340 g/mol. The second kappa shape index (κ2) is 7.16. The maximum atomic E-state index is 14.3. The van der Waals surface area contributed by atoms with Crippen molar-refractivity contribution in [3.8, 4) is 0 Å². The second-order valence-electron chi connectivity index (χ2n) is 10.4. The molecule has 0 aromatic heterocycles. The fraction of sp³-hybridized carbons (Fsp3) is 0.727. The van der Waals surface area contributed by atoms with E-state index in [4.69, 9.17) is 9.31 Å². The molecular formula is C22H35BFNO2. The minimum Gasteiger partial charge on any atom is -0.399 e. The minimum atomic E-state index is -0.518. The summed E-state index contributed by atoms with van der Waals surface area (Å²) in [4.78, 5) is 2.44. The number of hydrogen-bond acceptors (Lipinski definition) is 3. The Hall–Kier alpha value is -0.905. The first-order valence-corrected chi connectivity index (χ1v) is 10.2. The van der Waals surface area contributed by atoms with Crippen molar-refractivity contribution in [2.24, 2.45) is 11.3 Å². The predicted molar refractivity (Wildman–Crippen MR) is 110 cm³/mol. The smallest absolute Gasteiger partial charge is 0.399 e. The highest BCUT2D eigenvalue weighted by Gasteiger charge is 2.51. The van der Waals surface area contributed by atoms with Crippen LogP contribution in [0.1, 0.15) is 66.9 Å². The van der Waals surface area contributed by atoms with Gasteiger partial charge in [0.2, 0.25) is 0 Å². The molecule has 2 aliphatic rings. The van der Waals surface area contributed by atoms with Crippen molar-refractivity contribution < 1.29 is 13.7 Å². The van der Waals surface area contributed by atoms with Gasteiger partial charge < -0.3 is 9.31 Å². The summed E-state index contributed by atoms with van der Waals surface area (Å²) in [5.41, 5.74) is 1.30. The van der Waals surface area contributed by atoms with E-state index in [0.29, 0.717) is 5.41 Å². The number of hydrogen-bond donors (Lipinski definition) is 0. The highest BCUT2D eigenvalue weighted by atomic mass is 19.1. The summed E-state index contributed by atoms with van der Waals surface area (Å²) in [6.45, 7) is 18.0. The van der Waals surface area contributed by atoms with Crippen molar-refractivity contribution in [2.45, 2.75) is 79.1 Å². The molecule has 0 aliphatic carbocycles. The minimum absolute atomic E-state index is 0.221. The molecule has 5 heteroatoms. The molecule has 1 aromatic carbocycles. The van der Waals surface area contributed by atoms with E-state index in [9.17, 15) is 4.39 Å². The van der Waals surface area contributed by atoms with Crippen LogP contribution in [0.15, 0.2) is 18.2 Å². The second-order valence-corrected chi connectivity index (χ2v) is 10.4. The molecule has 2 fully saturated rings. The molecule has 1 aromatic rings. The van der Waals surface area contributed by atoms with Crippen molar-refractivity contribution in [3.05, 3.63) is 29.6 Å². The van der Waals surface area contributed by atoms with E-state index in [1.54, 1.807) is 6.07 Å². The molecule has 27 heavy (non-hydrogen) atoms. The van der Waals surface area contributed by atoms with Crippen LogP contribution in [0.3, 0.4) is 0 Å². The molecule has 0 N–H and O–H groups in total. The Kier molecular flexibility index (Phi) is 5.52. The zero-order valence-electron chi connectivity index (χ0n) is 18.1. The molecule has 2 aliphatic heterocycles. The lowest BCUT2D eigenvalue weighted by atomic mass is 9.75. The van der Waals surface area contributed by atoms with Crippen LogP contribution in [0.4, 0.5) is 4.39 Å². The van der Waals surface area contributed by atoms with Crippen molar-refractivity contribution in [2.75, 3.05) is 13.1 Å². The fourth-order valence-electron chi connectivity index (χ4n) is 4.10.